The summed E-state index contributed by atoms with van der Waals surface area (Å²) >= 11 is 0. The largest absolute Gasteiger partial charge is 0.375 e. The Morgan fingerprint density at radius 3 is 2.30 bits per heavy atom. The third kappa shape index (κ3) is 3.80. The molecule has 4 rings (SSSR count). The first-order valence-electron chi connectivity index (χ1n) is 13.9. The Balaban J connectivity index is 1.58. The summed E-state index contributed by atoms with van der Waals surface area (Å²) < 4.78 is 5.61. The average Bonchev–Trinajstić information content (AvgIpc) is 2.73. The van der Waals surface area contributed by atoms with Crippen molar-refractivity contribution in [1.82, 2.24) is 0 Å². The van der Waals surface area contributed by atoms with E-state index in [0.717, 1.165) is 25.2 Å². The molecule has 0 aromatic carbocycles. The van der Waals surface area contributed by atoms with Crippen molar-refractivity contribution < 1.29 is 9.53 Å². The van der Waals surface area contributed by atoms with E-state index >= 15 is 0 Å². The molecule has 4 fully saturated rings. The van der Waals surface area contributed by atoms with Crippen molar-refractivity contribution in [2.75, 3.05) is 7.11 Å². The van der Waals surface area contributed by atoms with Crippen LogP contribution >= 0.6 is 0 Å². The van der Waals surface area contributed by atoms with E-state index in [1.165, 1.54) is 44.9 Å². The number of rotatable bonds is 4. The number of hydrogen-bond donors (Lipinski definition) is 0. The predicted octanol–water partition coefficient (Wildman–Crippen LogP) is 8.39. The first-order valence-corrected chi connectivity index (χ1v) is 13.9. The van der Waals surface area contributed by atoms with Crippen molar-refractivity contribution >= 4 is 5.78 Å². The molecule has 0 heterocycles. The summed E-state index contributed by atoms with van der Waals surface area (Å²) in [6, 6.07) is 0. The topological polar surface area (TPSA) is 26.3 Å². The molecule has 0 N–H and O–H groups in total. The molecule has 0 aromatic heterocycles. The summed E-state index contributed by atoms with van der Waals surface area (Å²) in [4.78, 5) is 12.7. The lowest BCUT2D eigenvalue weighted by molar-refractivity contribution is -0.225. The maximum atomic E-state index is 12.7. The van der Waals surface area contributed by atoms with Gasteiger partial charge in [0.2, 0.25) is 0 Å². The van der Waals surface area contributed by atoms with Gasteiger partial charge >= 0.3 is 0 Å². The van der Waals surface area contributed by atoms with Crippen LogP contribution in [-0.4, -0.2) is 18.5 Å². The second-order valence-electron chi connectivity index (χ2n) is 14.8. The van der Waals surface area contributed by atoms with Gasteiger partial charge in [0, 0.05) is 19.4 Å². The van der Waals surface area contributed by atoms with E-state index in [0.29, 0.717) is 33.4 Å². The molecular weight excluding hydrogens is 404 g/mol. The number of fused-ring (bicyclic) bond motifs is 5. The van der Waals surface area contributed by atoms with E-state index in [-0.39, 0.29) is 16.9 Å². The zero-order valence-corrected chi connectivity index (χ0v) is 23.3. The minimum atomic E-state index is -0.177. The summed E-state index contributed by atoms with van der Waals surface area (Å²) in [6.07, 6.45) is 17.1. The molecule has 188 valence electrons. The van der Waals surface area contributed by atoms with Crippen LogP contribution < -0.4 is 0 Å². The highest BCUT2D eigenvalue weighted by Crippen LogP contribution is 2.75. The molecule has 0 amide bonds. The number of carbonyl (C=O) groups is 1. The van der Waals surface area contributed by atoms with Crippen LogP contribution in [0.4, 0.5) is 0 Å². The molecule has 2 heteroatoms. The number of hydrogen-bond acceptors (Lipinski definition) is 2. The number of ether oxygens (including phenoxy) is 1. The van der Waals surface area contributed by atoms with E-state index in [1.54, 1.807) is 7.11 Å². The quantitative estimate of drug-likeness (QED) is 0.397. The molecule has 0 aromatic rings. The predicted molar refractivity (Wildman–Crippen MR) is 138 cm³/mol. The van der Waals surface area contributed by atoms with Crippen molar-refractivity contribution in [3.8, 4) is 0 Å². The third-order valence-electron chi connectivity index (χ3n) is 12.6. The van der Waals surface area contributed by atoms with Crippen LogP contribution in [0.1, 0.15) is 120 Å². The van der Waals surface area contributed by atoms with Crippen molar-refractivity contribution in [2.24, 2.45) is 44.8 Å². The average molecular weight is 457 g/mol. The molecule has 0 aliphatic heterocycles. The molecule has 0 spiro atoms. The van der Waals surface area contributed by atoms with E-state index < -0.39 is 0 Å². The second kappa shape index (κ2) is 7.94. The molecule has 0 unspecified atom stereocenters. The summed E-state index contributed by atoms with van der Waals surface area (Å²) in [5, 5.41) is 0. The fraction of sp³-hybridized carbons (Fsp3) is 0.903. The van der Waals surface area contributed by atoms with Crippen molar-refractivity contribution in [3.63, 3.8) is 0 Å². The Morgan fingerprint density at radius 1 is 0.939 bits per heavy atom. The smallest absolute Gasteiger partial charge is 0.136 e. The third-order valence-corrected chi connectivity index (χ3v) is 12.6. The molecule has 4 saturated carbocycles. The Morgan fingerprint density at radius 2 is 1.64 bits per heavy atom. The highest BCUT2D eigenvalue weighted by Gasteiger charge is 2.67. The van der Waals surface area contributed by atoms with Crippen molar-refractivity contribution in [3.05, 3.63) is 12.2 Å². The van der Waals surface area contributed by atoms with E-state index in [2.05, 4.69) is 67.5 Å². The lowest BCUT2D eigenvalue weighted by Crippen LogP contribution is -2.64. The van der Waals surface area contributed by atoms with Crippen LogP contribution in [0.2, 0.25) is 0 Å². The van der Waals surface area contributed by atoms with Crippen molar-refractivity contribution in [2.45, 2.75) is 125 Å². The normalized spacial score (nSPS) is 50.6. The molecular formula is C31H52O2. The number of allylic oxidation sites excluding steroid dienone is 1. The summed E-state index contributed by atoms with van der Waals surface area (Å²) in [7, 11) is 1.80. The van der Waals surface area contributed by atoms with Crippen LogP contribution in [0.3, 0.4) is 0 Å². The molecule has 0 saturated heterocycles. The summed E-state index contributed by atoms with van der Waals surface area (Å²) in [5.41, 5.74) is 1.65. The fourth-order valence-corrected chi connectivity index (χ4v) is 9.88. The molecule has 0 bridgehead atoms. The second-order valence-corrected chi connectivity index (χ2v) is 14.8. The van der Waals surface area contributed by atoms with Crippen LogP contribution in [0.15, 0.2) is 12.2 Å². The zero-order chi connectivity index (χ0) is 24.5. The molecule has 2 nitrogen and oxygen atoms in total. The zero-order valence-electron chi connectivity index (χ0n) is 23.3. The van der Waals surface area contributed by atoms with E-state index in [1.807, 2.05) is 0 Å². The van der Waals surface area contributed by atoms with Crippen LogP contribution in [0, 0.1) is 44.8 Å². The van der Waals surface area contributed by atoms with Gasteiger partial charge in [-0.2, -0.15) is 0 Å². The SMILES string of the molecule is COC(C)(C)/C=C/C[C@]1(C)CC[C@]2(C)[C@H]3CC[C@@]4(C)[C@@H](CCC(=O)[C@@H]4C)[C@]3(C)CC[C@@]2(C)C1. The first-order chi connectivity index (χ1) is 15.1. The van der Waals surface area contributed by atoms with Crippen LogP contribution in [0.25, 0.3) is 0 Å². The van der Waals surface area contributed by atoms with Gasteiger partial charge in [-0.1, -0.05) is 53.7 Å². The van der Waals surface area contributed by atoms with Gasteiger partial charge in [-0.05, 0) is 111 Å². The Labute approximate surface area is 204 Å². The first kappa shape index (κ1) is 25.5. The van der Waals surface area contributed by atoms with Gasteiger partial charge < -0.3 is 4.74 Å². The molecule has 33 heavy (non-hydrogen) atoms. The van der Waals surface area contributed by atoms with Crippen molar-refractivity contribution in [1.29, 1.82) is 0 Å². The Bertz CT molecular complexity index is 812. The van der Waals surface area contributed by atoms with Gasteiger partial charge in [0.1, 0.15) is 5.78 Å². The highest BCUT2D eigenvalue weighted by molar-refractivity contribution is 5.82. The van der Waals surface area contributed by atoms with Gasteiger partial charge in [-0.25, -0.2) is 0 Å². The highest BCUT2D eigenvalue weighted by atomic mass is 16.5. The lowest BCUT2D eigenvalue weighted by atomic mass is 9.33. The van der Waals surface area contributed by atoms with Gasteiger partial charge in [0.15, 0.2) is 0 Å². The fourth-order valence-electron chi connectivity index (χ4n) is 9.88. The van der Waals surface area contributed by atoms with Gasteiger partial charge in [-0.3, -0.25) is 4.79 Å². The summed E-state index contributed by atoms with van der Waals surface area (Å²) in [6.45, 7) is 19.5. The number of methoxy groups -OCH3 is 1. The van der Waals surface area contributed by atoms with Crippen LogP contribution in [0.5, 0.6) is 0 Å². The molecule has 8 atom stereocenters. The maximum absolute atomic E-state index is 12.7. The molecule has 4 aliphatic rings. The monoisotopic (exact) mass is 456 g/mol. The molecule has 4 aliphatic carbocycles. The minimum absolute atomic E-state index is 0.177. The van der Waals surface area contributed by atoms with Gasteiger partial charge in [-0.15, -0.1) is 0 Å². The number of carbonyl (C=O) groups excluding carboxylic acids is 1. The lowest BCUT2D eigenvalue weighted by Gasteiger charge is -2.72. The number of ketones is 1. The maximum Gasteiger partial charge on any atom is 0.136 e. The van der Waals surface area contributed by atoms with E-state index in [9.17, 15) is 4.79 Å². The van der Waals surface area contributed by atoms with Gasteiger partial charge in [0.05, 0.1) is 5.60 Å². The standard InChI is InChI=1S/C31H52O2/c1-22-23(32)11-12-24-29(22,6)16-13-25-30(24,7)19-18-28(5)21-27(4,17-20-31(25,28)8)15-10-14-26(2,3)33-9/h10,14,22,24-25H,11-13,15-21H2,1-9H3/b14-10+/t22-,24+,25-,27+,28-,29+,30-,31+/m0/s1. The van der Waals surface area contributed by atoms with Gasteiger partial charge in [0.25, 0.3) is 0 Å². The van der Waals surface area contributed by atoms with E-state index in [4.69, 9.17) is 4.74 Å². The summed E-state index contributed by atoms with van der Waals surface area (Å²) in [5.74, 6) is 2.29. The van der Waals surface area contributed by atoms with Crippen LogP contribution in [-0.2, 0) is 9.53 Å². The molecule has 0 radical (unpaired) electrons. The number of Topliss-reactive ketones (excluding diaryl/α,β-unsaturated/α-hetero) is 1. The Kier molecular flexibility index (Phi) is 6.13. The minimum Gasteiger partial charge on any atom is -0.375 e. The Hall–Kier alpha value is -0.630.